The van der Waals surface area contributed by atoms with Crippen molar-refractivity contribution < 1.29 is 0 Å². The molecule has 0 bridgehead atoms. The maximum absolute atomic E-state index is 5.25. The fourth-order valence-corrected chi connectivity index (χ4v) is 7.00. The smallest absolute Gasteiger partial charge is 0.0784 e. The first kappa shape index (κ1) is 23.4. The predicted molar refractivity (Wildman–Crippen MR) is 161 cm³/mol. The Bertz CT molecular complexity index is 1700. The summed E-state index contributed by atoms with van der Waals surface area (Å²) in [6.07, 6.45) is 6.91. The van der Waals surface area contributed by atoms with E-state index in [1.54, 1.807) is 0 Å². The van der Waals surface area contributed by atoms with Crippen molar-refractivity contribution in [1.29, 1.82) is 0 Å². The zero-order valence-corrected chi connectivity index (χ0v) is 22.9. The molecular weight excluding hydrogens is 458 g/mol. The summed E-state index contributed by atoms with van der Waals surface area (Å²) in [4.78, 5) is 5.25. The van der Waals surface area contributed by atoms with Crippen LogP contribution in [-0.2, 0) is 6.42 Å². The normalized spacial score (nSPS) is 17.5. The third-order valence-electron chi connectivity index (χ3n) is 9.04. The summed E-state index contributed by atoms with van der Waals surface area (Å²) in [6, 6.07) is 29.7. The molecule has 1 fully saturated rings. The van der Waals surface area contributed by atoms with E-state index < -0.39 is 0 Å². The molecule has 0 saturated heterocycles. The Morgan fingerprint density at radius 3 is 2.32 bits per heavy atom. The van der Waals surface area contributed by atoms with Crippen LogP contribution in [-0.4, -0.2) is 4.98 Å². The van der Waals surface area contributed by atoms with Gasteiger partial charge < -0.3 is 0 Å². The van der Waals surface area contributed by atoms with E-state index in [1.165, 1.54) is 85.7 Å². The molecule has 2 aliphatic carbocycles. The van der Waals surface area contributed by atoms with Gasteiger partial charge in [0.2, 0.25) is 0 Å². The lowest BCUT2D eigenvalue weighted by molar-refractivity contribution is 0.376. The van der Waals surface area contributed by atoms with E-state index in [0.717, 1.165) is 12.1 Å². The number of hydrogen-bond donors (Lipinski definition) is 0. The molecule has 1 atom stereocenters. The van der Waals surface area contributed by atoms with Crippen LogP contribution in [0.15, 0.2) is 85.1 Å². The van der Waals surface area contributed by atoms with Crippen LogP contribution in [0.1, 0.15) is 66.8 Å². The third kappa shape index (κ3) is 3.88. The van der Waals surface area contributed by atoms with Crippen LogP contribution in [0.25, 0.3) is 44.3 Å². The number of pyridine rings is 1. The quantitative estimate of drug-likeness (QED) is 0.239. The highest BCUT2D eigenvalue weighted by molar-refractivity contribution is 6.04. The van der Waals surface area contributed by atoms with E-state index in [-0.39, 0.29) is 0 Å². The van der Waals surface area contributed by atoms with Gasteiger partial charge in [0.1, 0.15) is 0 Å². The summed E-state index contributed by atoms with van der Waals surface area (Å²) in [5, 5.41) is 2.58. The van der Waals surface area contributed by atoms with Crippen molar-refractivity contribution in [2.75, 3.05) is 0 Å². The molecule has 0 radical (unpaired) electrons. The summed E-state index contributed by atoms with van der Waals surface area (Å²) in [6.45, 7) is 9.21. The van der Waals surface area contributed by atoms with Gasteiger partial charge in [-0.15, -0.1) is 0 Å². The van der Waals surface area contributed by atoms with E-state index in [9.17, 15) is 0 Å². The van der Waals surface area contributed by atoms with Crippen LogP contribution in [0, 0.1) is 19.3 Å². The molecule has 1 saturated carbocycles. The highest BCUT2D eigenvalue weighted by atomic mass is 14.7. The molecule has 1 nitrogen and oxygen atoms in total. The largest absolute Gasteiger partial charge is 0.255 e. The lowest BCUT2D eigenvalue weighted by Crippen LogP contribution is -2.04. The Labute approximate surface area is 226 Å². The van der Waals surface area contributed by atoms with Gasteiger partial charge in [0.05, 0.1) is 5.69 Å². The van der Waals surface area contributed by atoms with Gasteiger partial charge in [-0.05, 0) is 107 Å². The number of aryl methyl sites for hydroxylation is 2. The van der Waals surface area contributed by atoms with Crippen molar-refractivity contribution in [2.24, 2.45) is 5.41 Å². The molecule has 0 spiro atoms. The molecule has 38 heavy (non-hydrogen) atoms. The lowest BCUT2D eigenvalue weighted by Gasteiger charge is -2.19. The number of benzene rings is 4. The second-order valence-corrected chi connectivity index (χ2v) is 12.5. The first-order chi connectivity index (χ1) is 18.4. The maximum atomic E-state index is 5.25. The molecule has 0 amide bonds. The van der Waals surface area contributed by atoms with Crippen LogP contribution in [0.4, 0.5) is 0 Å². The Morgan fingerprint density at radius 2 is 1.53 bits per heavy atom. The van der Waals surface area contributed by atoms with Gasteiger partial charge in [0.25, 0.3) is 0 Å². The number of aromatic nitrogens is 1. The van der Waals surface area contributed by atoms with Crippen LogP contribution in [0.2, 0.25) is 0 Å². The van der Waals surface area contributed by atoms with Gasteiger partial charge in [-0.2, -0.15) is 0 Å². The second-order valence-electron chi connectivity index (χ2n) is 12.5. The SMILES string of the molecule is Cc1ccc(-c2cnc(-c3cc(C)cc4c3Cc3ccccc3-4)c3cc(C4CCC(C)(C)C4)ccc23)cc1. The minimum Gasteiger partial charge on any atom is -0.255 e. The Morgan fingerprint density at radius 1 is 0.737 bits per heavy atom. The molecule has 188 valence electrons. The highest BCUT2D eigenvalue weighted by Crippen LogP contribution is 2.48. The van der Waals surface area contributed by atoms with E-state index in [1.807, 2.05) is 0 Å². The zero-order chi connectivity index (χ0) is 26.0. The Kier molecular flexibility index (Phi) is 5.34. The molecule has 1 heteroatoms. The summed E-state index contributed by atoms with van der Waals surface area (Å²) in [7, 11) is 0. The van der Waals surface area contributed by atoms with Crippen molar-refractivity contribution >= 4 is 10.8 Å². The second kappa shape index (κ2) is 8.67. The van der Waals surface area contributed by atoms with E-state index in [2.05, 4.69) is 113 Å². The van der Waals surface area contributed by atoms with E-state index >= 15 is 0 Å². The first-order valence-electron chi connectivity index (χ1n) is 14.1. The number of rotatable bonds is 3. The molecule has 7 rings (SSSR count). The zero-order valence-electron chi connectivity index (χ0n) is 22.9. The monoisotopic (exact) mass is 493 g/mol. The summed E-state index contributed by atoms with van der Waals surface area (Å²) in [5.74, 6) is 0.623. The fraction of sp³-hybridized carbons (Fsp3) is 0.270. The summed E-state index contributed by atoms with van der Waals surface area (Å²) >= 11 is 0. The van der Waals surface area contributed by atoms with Crippen molar-refractivity contribution in [3.05, 3.63) is 113 Å². The number of fused-ring (bicyclic) bond motifs is 4. The van der Waals surface area contributed by atoms with E-state index in [4.69, 9.17) is 4.98 Å². The molecule has 0 aliphatic heterocycles. The number of hydrogen-bond acceptors (Lipinski definition) is 1. The number of nitrogens with zero attached hydrogens (tertiary/aromatic N) is 1. The molecular formula is C37H35N. The average Bonchev–Trinajstić information content (AvgIpc) is 3.47. The van der Waals surface area contributed by atoms with Gasteiger partial charge >= 0.3 is 0 Å². The molecule has 1 unspecified atom stereocenters. The first-order valence-corrected chi connectivity index (χ1v) is 14.1. The van der Waals surface area contributed by atoms with Gasteiger partial charge in [0, 0.05) is 22.7 Å². The molecule has 5 aromatic rings. The molecule has 1 aromatic heterocycles. The van der Waals surface area contributed by atoms with Crippen LogP contribution in [0.5, 0.6) is 0 Å². The van der Waals surface area contributed by atoms with Crippen molar-refractivity contribution in [1.82, 2.24) is 4.98 Å². The van der Waals surface area contributed by atoms with Crippen molar-refractivity contribution in [3.63, 3.8) is 0 Å². The van der Waals surface area contributed by atoms with E-state index in [0.29, 0.717) is 11.3 Å². The summed E-state index contributed by atoms with van der Waals surface area (Å²) < 4.78 is 0. The van der Waals surface area contributed by atoms with Crippen molar-refractivity contribution in [2.45, 2.75) is 59.3 Å². The lowest BCUT2D eigenvalue weighted by atomic mass is 9.86. The average molecular weight is 494 g/mol. The molecule has 0 N–H and O–H groups in total. The van der Waals surface area contributed by atoms with Gasteiger partial charge in [-0.1, -0.05) is 86.1 Å². The van der Waals surface area contributed by atoms with Gasteiger partial charge in [-0.3, -0.25) is 4.98 Å². The predicted octanol–water partition coefficient (Wildman–Crippen LogP) is 10.1. The van der Waals surface area contributed by atoms with Crippen molar-refractivity contribution in [3.8, 4) is 33.5 Å². The summed E-state index contributed by atoms with van der Waals surface area (Å²) in [5.41, 5.74) is 14.9. The Balaban J connectivity index is 1.46. The molecule has 4 aromatic carbocycles. The van der Waals surface area contributed by atoms with Gasteiger partial charge in [-0.25, -0.2) is 0 Å². The third-order valence-corrected chi connectivity index (χ3v) is 9.04. The fourth-order valence-electron chi connectivity index (χ4n) is 7.00. The minimum atomic E-state index is 0.424. The molecule has 1 heterocycles. The maximum Gasteiger partial charge on any atom is 0.0784 e. The van der Waals surface area contributed by atoms with Crippen LogP contribution >= 0.6 is 0 Å². The van der Waals surface area contributed by atoms with Gasteiger partial charge in [0.15, 0.2) is 0 Å². The standard InChI is InChI=1S/C37H35N/c1-23-9-11-25(12-10-23)35-22-38-36(34-19-26(13-14-30(34)35)28-15-16-37(3,4)21-28)33-18-24(2)17-31-29-8-6-5-7-27(29)20-32(31)33/h5-14,17-19,22,28H,15-16,20-21H2,1-4H3. The van der Waals surface area contributed by atoms with Crippen LogP contribution < -0.4 is 0 Å². The minimum absolute atomic E-state index is 0.424. The highest BCUT2D eigenvalue weighted by Gasteiger charge is 2.32. The topological polar surface area (TPSA) is 12.9 Å². The van der Waals surface area contributed by atoms with Crippen LogP contribution in [0.3, 0.4) is 0 Å². The molecule has 2 aliphatic rings. The Hall–Kier alpha value is -3.71.